The Morgan fingerprint density at radius 1 is 1.06 bits per heavy atom. The van der Waals surface area contributed by atoms with Gasteiger partial charge in [0.25, 0.3) is 11.8 Å². The molecule has 0 saturated heterocycles. The van der Waals surface area contributed by atoms with Gasteiger partial charge in [0.1, 0.15) is 23.1 Å². The van der Waals surface area contributed by atoms with Crippen molar-refractivity contribution in [3.63, 3.8) is 0 Å². The second-order valence-corrected chi connectivity index (χ2v) is 11.0. The first kappa shape index (κ1) is 26.2. The van der Waals surface area contributed by atoms with Crippen molar-refractivity contribution in [2.24, 2.45) is 0 Å². The van der Waals surface area contributed by atoms with Gasteiger partial charge in [-0.15, -0.1) is 11.3 Å². The van der Waals surface area contributed by atoms with E-state index in [1.807, 2.05) is 13.0 Å². The lowest BCUT2D eigenvalue weighted by Gasteiger charge is -2.29. The predicted octanol–water partition coefficient (Wildman–Crippen LogP) is 6.28. The van der Waals surface area contributed by atoms with Crippen LogP contribution in [0.3, 0.4) is 0 Å². The summed E-state index contributed by atoms with van der Waals surface area (Å²) in [5, 5.41) is 9.27. The summed E-state index contributed by atoms with van der Waals surface area (Å²) in [5.41, 5.74) is 3.29. The number of halogens is 1. The Hall–Kier alpha value is -2.90. The number of nitrogens with zero attached hydrogens (tertiary/aromatic N) is 1. The zero-order chi connectivity index (χ0) is 25.7. The number of nitrogens with one attached hydrogen (secondary N) is 2. The Kier molecular flexibility index (Phi) is 8.64. The first-order valence-electron chi connectivity index (χ1n) is 12.3. The van der Waals surface area contributed by atoms with E-state index in [0.29, 0.717) is 28.8 Å². The van der Waals surface area contributed by atoms with Crippen LogP contribution in [-0.2, 0) is 6.61 Å². The maximum atomic E-state index is 12.8. The quantitative estimate of drug-likeness (QED) is 0.363. The van der Waals surface area contributed by atoms with Gasteiger partial charge < -0.3 is 15.4 Å². The third-order valence-electron chi connectivity index (χ3n) is 6.41. The number of aryl methyl sites for hydroxylation is 1. The number of benzene rings is 2. The van der Waals surface area contributed by atoms with Crippen LogP contribution in [-0.4, -0.2) is 28.9 Å². The molecule has 36 heavy (non-hydrogen) atoms. The maximum Gasteiger partial charge on any atom is 0.270 e. The zero-order valence-electron chi connectivity index (χ0n) is 20.8. The van der Waals surface area contributed by atoms with Gasteiger partial charge in [-0.05, 0) is 73.9 Å². The molecule has 2 aromatic carbocycles. The van der Waals surface area contributed by atoms with Crippen LogP contribution in [0.2, 0.25) is 5.02 Å². The highest BCUT2D eigenvalue weighted by Gasteiger charge is 2.25. The number of aromatic nitrogens is 1. The number of ether oxygens (including phenoxy) is 1. The van der Waals surface area contributed by atoms with E-state index in [1.165, 1.54) is 11.3 Å². The molecule has 2 amide bonds. The van der Waals surface area contributed by atoms with Crippen molar-refractivity contribution < 1.29 is 14.3 Å². The maximum absolute atomic E-state index is 12.8. The van der Waals surface area contributed by atoms with Crippen LogP contribution in [0, 0.1) is 6.92 Å². The van der Waals surface area contributed by atoms with E-state index in [-0.39, 0.29) is 23.9 Å². The summed E-state index contributed by atoms with van der Waals surface area (Å²) in [4.78, 5) is 29.7. The molecular weight excluding hydrogens is 494 g/mol. The topological polar surface area (TPSA) is 80.3 Å². The molecule has 8 heteroatoms. The number of carbonyl (C=O) groups excluding carboxylic acids is 2. The highest BCUT2D eigenvalue weighted by molar-refractivity contribution is 7.09. The van der Waals surface area contributed by atoms with Gasteiger partial charge in [-0.3, -0.25) is 9.59 Å². The fourth-order valence-corrected chi connectivity index (χ4v) is 5.28. The molecule has 6 nitrogen and oxygen atoms in total. The number of hydrogen-bond donors (Lipinski definition) is 2. The van der Waals surface area contributed by atoms with Crippen LogP contribution in [0.1, 0.15) is 82.4 Å². The normalized spacial score (nSPS) is 17.6. The highest BCUT2D eigenvalue weighted by Crippen LogP contribution is 2.28. The second kappa shape index (κ2) is 11.9. The lowest BCUT2D eigenvalue weighted by molar-refractivity contribution is 0.0889. The molecule has 2 N–H and O–H groups in total. The van der Waals surface area contributed by atoms with Crippen LogP contribution in [0.25, 0.3) is 0 Å². The molecule has 0 bridgehead atoms. The summed E-state index contributed by atoms with van der Waals surface area (Å²) in [5.74, 6) is 0.944. The summed E-state index contributed by atoms with van der Waals surface area (Å²) in [7, 11) is 0. The van der Waals surface area contributed by atoms with Gasteiger partial charge in [-0.1, -0.05) is 43.6 Å². The Labute approximate surface area is 221 Å². The van der Waals surface area contributed by atoms with Crippen LogP contribution >= 0.6 is 22.9 Å². The summed E-state index contributed by atoms with van der Waals surface area (Å²) in [6.45, 7) is 6.66. The molecule has 190 valence electrons. The monoisotopic (exact) mass is 525 g/mol. The van der Waals surface area contributed by atoms with Crippen LogP contribution in [0.5, 0.6) is 5.75 Å². The summed E-state index contributed by atoms with van der Waals surface area (Å²) < 4.78 is 6.06. The highest BCUT2D eigenvalue weighted by atomic mass is 35.5. The number of rotatable bonds is 8. The minimum atomic E-state index is -0.165. The van der Waals surface area contributed by atoms with Gasteiger partial charge >= 0.3 is 0 Å². The van der Waals surface area contributed by atoms with Crippen molar-refractivity contribution in [1.29, 1.82) is 0 Å². The minimum absolute atomic E-state index is 0.0686. The van der Waals surface area contributed by atoms with Crippen molar-refractivity contribution >= 4 is 34.8 Å². The SMILES string of the molecule is Cc1ccc(C(C)C)c(OCc2nc(C(=O)NC3CCC(NC(=O)c4cccc(Cl)c4)CC3)cs2)c1. The van der Waals surface area contributed by atoms with E-state index in [9.17, 15) is 9.59 Å². The average Bonchev–Trinajstić information content (AvgIpc) is 3.33. The molecule has 1 aliphatic carbocycles. The summed E-state index contributed by atoms with van der Waals surface area (Å²) in [6.07, 6.45) is 3.22. The minimum Gasteiger partial charge on any atom is -0.486 e. The molecule has 1 aliphatic rings. The lowest BCUT2D eigenvalue weighted by atomic mass is 9.91. The largest absolute Gasteiger partial charge is 0.486 e. The smallest absolute Gasteiger partial charge is 0.270 e. The van der Waals surface area contributed by atoms with Gasteiger partial charge in [-0.2, -0.15) is 0 Å². The Bertz CT molecular complexity index is 1220. The Morgan fingerprint density at radius 2 is 1.75 bits per heavy atom. The van der Waals surface area contributed by atoms with E-state index in [4.69, 9.17) is 16.3 Å². The van der Waals surface area contributed by atoms with Gasteiger partial charge in [0.2, 0.25) is 0 Å². The van der Waals surface area contributed by atoms with Crippen molar-refractivity contribution in [3.05, 3.63) is 80.3 Å². The fourth-order valence-electron chi connectivity index (χ4n) is 4.40. The molecule has 3 aromatic rings. The molecule has 0 spiro atoms. The molecule has 1 fully saturated rings. The average molecular weight is 526 g/mol. The van der Waals surface area contributed by atoms with Crippen molar-refractivity contribution in [3.8, 4) is 5.75 Å². The second-order valence-electron chi connectivity index (χ2n) is 9.62. The third kappa shape index (κ3) is 6.86. The molecule has 0 radical (unpaired) electrons. The van der Waals surface area contributed by atoms with Crippen LogP contribution in [0.4, 0.5) is 0 Å². The zero-order valence-corrected chi connectivity index (χ0v) is 22.4. The molecule has 0 atom stereocenters. The molecule has 0 aliphatic heterocycles. The number of amides is 2. The Balaban J connectivity index is 1.25. The van der Waals surface area contributed by atoms with E-state index in [2.05, 4.69) is 41.6 Å². The Morgan fingerprint density at radius 3 is 2.42 bits per heavy atom. The first-order chi connectivity index (χ1) is 17.3. The van der Waals surface area contributed by atoms with Gasteiger partial charge in [0, 0.05) is 28.0 Å². The summed E-state index contributed by atoms with van der Waals surface area (Å²) >= 11 is 7.42. The molecule has 1 aromatic heterocycles. The number of thiazole rings is 1. The molecule has 0 unspecified atom stereocenters. The lowest BCUT2D eigenvalue weighted by Crippen LogP contribution is -2.43. The third-order valence-corrected chi connectivity index (χ3v) is 7.47. The standard InChI is InChI=1S/C28H32ClN3O3S/c1-17(2)23-12-7-18(3)13-25(23)35-15-26-32-24(16-36-26)28(34)31-22-10-8-21(9-11-22)30-27(33)19-5-4-6-20(29)14-19/h4-7,12-14,16-17,21-22H,8-11,15H2,1-3H3,(H,30,33)(H,31,34). The summed E-state index contributed by atoms with van der Waals surface area (Å²) in [6, 6.07) is 13.3. The van der Waals surface area contributed by atoms with Crippen molar-refractivity contribution in [2.45, 2.75) is 71.1 Å². The van der Waals surface area contributed by atoms with E-state index in [1.54, 1.807) is 29.6 Å². The molecular formula is C28H32ClN3O3S. The van der Waals surface area contributed by atoms with Gasteiger partial charge in [-0.25, -0.2) is 4.98 Å². The fraction of sp³-hybridized carbons (Fsp3) is 0.393. The van der Waals surface area contributed by atoms with Gasteiger partial charge in [0.15, 0.2) is 0 Å². The van der Waals surface area contributed by atoms with Crippen molar-refractivity contribution in [1.82, 2.24) is 15.6 Å². The van der Waals surface area contributed by atoms with E-state index in [0.717, 1.165) is 47.6 Å². The molecule has 1 saturated carbocycles. The van der Waals surface area contributed by atoms with Crippen LogP contribution < -0.4 is 15.4 Å². The van der Waals surface area contributed by atoms with Crippen molar-refractivity contribution in [2.75, 3.05) is 0 Å². The first-order valence-corrected chi connectivity index (χ1v) is 13.6. The van der Waals surface area contributed by atoms with E-state index < -0.39 is 0 Å². The number of carbonyl (C=O) groups is 2. The van der Waals surface area contributed by atoms with E-state index >= 15 is 0 Å². The number of hydrogen-bond acceptors (Lipinski definition) is 5. The van der Waals surface area contributed by atoms with Gasteiger partial charge in [0.05, 0.1) is 0 Å². The predicted molar refractivity (Wildman–Crippen MR) is 144 cm³/mol. The van der Waals surface area contributed by atoms with Crippen LogP contribution in [0.15, 0.2) is 47.8 Å². The molecule has 1 heterocycles. The molecule has 4 rings (SSSR count).